The molecule has 0 radical (unpaired) electrons. The lowest BCUT2D eigenvalue weighted by Gasteiger charge is -2.04. The fraction of sp³-hybridized carbons (Fsp3) is 0.300. The second-order valence-corrected chi connectivity index (χ2v) is 5.11. The molecule has 0 aliphatic heterocycles. The van der Waals surface area contributed by atoms with E-state index in [0.29, 0.717) is 5.56 Å². The standard InChI is InChI=1S/C10H10BrFOS/c1-6(11)10(13)7-3-8(12)5-9(4-7)14-2/h3-6H,1-2H3. The van der Waals surface area contributed by atoms with Gasteiger partial charge in [-0.05, 0) is 31.4 Å². The lowest BCUT2D eigenvalue weighted by atomic mass is 10.1. The summed E-state index contributed by atoms with van der Waals surface area (Å²) in [6, 6.07) is 4.38. The Labute approximate surface area is 95.2 Å². The van der Waals surface area contributed by atoms with Crippen LogP contribution in [0.2, 0.25) is 0 Å². The molecule has 1 atom stereocenters. The van der Waals surface area contributed by atoms with E-state index in [0.717, 1.165) is 4.90 Å². The van der Waals surface area contributed by atoms with E-state index in [2.05, 4.69) is 15.9 Å². The number of ketones is 1. The van der Waals surface area contributed by atoms with Crippen LogP contribution in [0.1, 0.15) is 17.3 Å². The Balaban J connectivity index is 3.09. The predicted molar refractivity (Wildman–Crippen MR) is 60.9 cm³/mol. The summed E-state index contributed by atoms with van der Waals surface area (Å²) in [6.07, 6.45) is 1.85. The maximum Gasteiger partial charge on any atom is 0.176 e. The second kappa shape index (κ2) is 4.94. The van der Waals surface area contributed by atoms with E-state index in [1.165, 1.54) is 23.9 Å². The molecular formula is C10H10BrFOS. The van der Waals surface area contributed by atoms with Crippen molar-refractivity contribution in [2.75, 3.05) is 6.26 Å². The number of hydrogen-bond acceptors (Lipinski definition) is 2. The molecule has 0 bridgehead atoms. The molecule has 1 unspecified atom stereocenters. The molecule has 1 nitrogen and oxygen atoms in total. The van der Waals surface area contributed by atoms with Gasteiger partial charge in [-0.25, -0.2) is 4.39 Å². The molecular weight excluding hydrogens is 267 g/mol. The van der Waals surface area contributed by atoms with Crippen LogP contribution in [-0.4, -0.2) is 16.9 Å². The summed E-state index contributed by atoms with van der Waals surface area (Å²) in [6.45, 7) is 1.73. The van der Waals surface area contributed by atoms with Gasteiger partial charge in [0.1, 0.15) is 5.82 Å². The van der Waals surface area contributed by atoms with Gasteiger partial charge in [0.25, 0.3) is 0 Å². The highest BCUT2D eigenvalue weighted by Crippen LogP contribution is 2.20. The van der Waals surface area contributed by atoms with Crippen molar-refractivity contribution in [1.82, 2.24) is 0 Å². The lowest BCUT2D eigenvalue weighted by Crippen LogP contribution is -2.10. The third-order valence-electron chi connectivity index (χ3n) is 1.75. The molecule has 0 saturated carbocycles. The van der Waals surface area contributed by atoms with Crippen LogP contribution >= 0.6 is 27.7 Å². The summed E-state index contributed by atoms with van der Waals surface area (Å²) in [5, 5.41) is 0. The zero-order valence-corrected chi connectivity index (χ0v) is 10.3. The zero-order valence-electron chi connectivity index (χ0n) is 7.88. The fourth-order valence-electron chi connectivity index (χ4n) is 1.05. The van der Waals surface area contributed by atoms with Gasteiger partial charge in [0.2, 0.25) is 0 Å². The summed E-state index contributed by atoms with van der Waals surface area (Å²) in [4.78, 5) is 12.0. The molecule has 0 aliphatic carbocycles. The van der Waals surface area contributed by atoms with Crippen LogP contribution in [0.25, 0.3) is 0 Å². The van der Waals surface area contributed by atoms with E-state index < -0.39 is 0 Å². The Morgan fingerprint density at radius 2 is 2.14 bits per heavy atom. The van der Waals surface area contributed by atoms with Crippen LogP contribution < -0.4 is 0 Å². The number of Topliss-reactive ketones (excluding diaryl/α,β-unsaturated/α-hetero) is 1. The van der Waals surface area contributed by atoms with Crippen LogP contribution in [0.15, 0.2) is 23.1 Å². The summed E-state index contributed by atoms with van der Waals surface area (Å²) < 4.78 is 13.1. The van der Waals surface area contributed by atoms with Crippen molar-refractivity contribution in [2.45, 2.75) is 16.6 Å². The molecule has 0 aliphatic rings. The van der Waals surface area contributed by atoms with Crippen molar-refractivity contribution < 1.29 is 9.18 Å². The maximum atomic E-state index is 13.1. The van der Waals surface area contributed by atoms with E-state index in [1.54, 1.807) is 13.0 Å². The first-order valence-electron chi connectivity index (χ1n) is 4.07. The average Bonchev–Trinajstić information content (AvgIpc) is 2.15. The maximum absolute atomic E-state index is 13.1. The molecule has 0 N–H and O–H groups in total. The van der Waals surface area contributed by atoms with E-state index in [9.17, 15) is 9.18 Å². The van der Waals surface area contributed by atoms with Crippen molar-refractivity contribution in [2.24, 2.45) is 0 Å². The predicted octanol–water partition coefficient (Wildman–Crippen LogP) is 3.51. The Kier molecular flexibility index (Phi) is 4.13. The van der Waals surface area contributed by atoms with Gasteiger partial charge in [0.15, 0.2) is 5.78 Å². The third-order valence-corrected chi connectivity index (χ3v) is 2.88. The average molecular weight is 277 g/mol. The molecule has 1 aromatic rings. The van der Waals surface area contributed by atoms with Crippen molar-refractivity contribution in [3.05, 3.63) is 29.6 Å². The Bertz CT molecular complexity index is 352. The van der Waals surface area contributed by atoms with Crippen LogP contribution in [0.5, 0.6) is 0 Å². The van der Waals surface area contributed by atoms with Gasteiger partial charge in [-0.2, -0.15) is 0 Å². The second-order valence-electron chi connectivity index (χ2n) is 2.86. The fourth-order valence-corrected chi connectivity index (χ4v) is 1.79. The van der Waals surface area contributed by atoms with Gasteiger partial charge in [-0.3, -0.25) is 4.79 Å². The summed E-state index contributed by atoms with van der Waals surface area (Å²) >= 11 is 4.59. The SMILES string of the molecule is CSc1cc(F)cc(C(=O)C(C)Br)c1. The highest BCUT2D eigenvalue weighted by atomic mass is 79.9. The number of thioether (sulfide) groups is 1. The van der Waals surface area contributed by atoms with Crippen molar-refractivity contribution in [3.63, 3.8) is 0 Å². The Morgan fingerprint density at radius 1 is 1.50 bits per heavy atom. The molecule has 14 heavy (non-hydrogen) atoms. The van der Waals surface area contributed by atoms with Gasteiger partial charge >= 0.3 is 0 Å². The minimum Gasteiger partial charge on any atom is -0.293 e. The number of carbonyl (C=O) groups excluding carboxylic acids is 1. The van der Waals surface area contributed by atoms with Crippen molar-refractivity contribution >= 4 is 33.5 Å². The summed E-state index contributed by atoms with van der Waals surface area (Å²) in [5.74, 6) is -0.465. The van der Waals surface area contributed by atoms with Gasteiger partial charge in [0, 0.05) is 10.5 Å². The van der Waals surface area contributed by atoms with Crippen LogP contribution in [0.4, 0.5) is 4.39 Å². The number of rotatable bonds is 3. The quantitative estimate of drug-likeness (QED) is 0.478. The lowest BCUT2D eigenvalue weighted by molar-refractivity contribution is 0.0995. The van der Waals surface area contributed by atoms with E-state index in [4.69, 9.17) is 0 Å². The van der Waals surface area contributed by atoms with Gasteiger partial charge in [-0.1, -0.05) is 15.9 Å². The molecule has 1 aromatic carbocycles. The molecule has 0 fully saturated rings. The highest BCUT2D eigenvalue weighted by molar-refractivity contribution is 9.10. The first-order valence-corrected chi connectivity index (χ1v) is 6.21. The smallest absolute Gasteiger partial charge is 0.176 e. The number of carbonyl (C=O) groups is 1. The topological polar surface area (TPSA) is 17.1 Å². The van der Waals surface area contributed by atoms with Crippen molar-refractivity contribution in [1.29, 1.82) is 0 Å². The van der Waals surface area contributed by atoms with Crippen LogP contribution in [-0.2, 0) is 0 Å². The highest BCUT2D eigenvalue weighted by Gasteiger charge is 2.13. The third kappa shape index (κ3) is 2.82. The molecule has 76 valence electrons. The molecule has 0 aromatic heterocycles. The minimum absolute atomic E-state index is 0.0974. The zero-order chi connectivity index (χ0) is 10.7. The number of hydrogen-bond donors (Lipinski definition) is 0. The number of halogens is 2. The van der Waals surface area contributed by atoms with E-state index >= 15 is 0 Å². The molecule has 0 amide bonds. The van der Waals surface area contributed by atoms with Crippen LogP contribution in [0, 0.1) is 5.82 Å². The van der Waals surface area contributed by atoms with E-state index in [-0.39, 0.29) is 16.4 Å². The first-order chi connectivity index (χ1) is 6.54. The monoisotopic (exact) mass is 276 g/mol. The van der Waals surface area contributed by atoms with Gasteiger partial charge < -0.3 is 0 Å². The summed E-state index contributed by atoms with van der Waals surface area (Å²) in [5.41, 5.74) is 0.415. The normalized spacial score (nSPS) is 12.6. The molecule has 0 heterocycles. The molecule has 4 heteroatoms. The van der Waals surface area contributed by atoms with Crippen LogP contribution in [0.3, 0.4) is 0 Å². The largest absolute Gasteiger partial charge is 0.293 e. The number of alkyl halides is 1. The van der Waals surface area contributed by atoms with Gasteiger partial charge in [0.05, 0.1) is 4.83 Å². The summed E-state index contributed by atoms with van der Waals surface area (Å²) in [7, 11) is 0. The first kappa shape index (κ1) is 11.7. The molecule has 0 saturated heterocycles. The Hall–Kier alpha value is -0.350. The molecule has 1 rings (SSSR count). The van der Waals surface area contributed by atoms with Gasteiger partial charge in [-0.15, -0.1) is 11.8 Å². The van der Waals surface area contributed by atoms with E-state index in [1.807, 2.05) is 6.26 Å². The molecule has 0 spiro atoms. The number of benzene rings is 1. The Morgan fingerprint density at radius 3 is 2.64 bits per heavy atom. The van der Waals surface area contributed by atoms with Crippen molar-refractivity contribution in [3.8, 4) is 0 Å². The minimum atomic E-state index is -0.367.